The molecule has 0 aliphatic heterocycles. The molecule has 1 aliphatic rings. The van der Waals surface area contributed by atoms with E-state index < -0.39 is 6.61 Å². The molecule has 1 unspecified atom stereocenters. The molecule has 5 nitrogen and oxygen atoms in total. The molecular formula is C28H28ClF2N3O2S. The number of thioether (sulfide) groups is 1. The van der Waals surface area contributed by atoms with Crippen LogP contribution in [-0.4, -0.2) is 35.7 Å². The molecule has 4 aromatic rings. The zero-order valence-corrected chi connectivity index (χ0v) is 21.9. The molecule has 1 heterocycles. The molecule has 0 amide bonds. The molecule has 0 bridgehead atoms. The summed E-state index contributed by atoms with van der Waals surface area (Å²) in [6.45, 7) is -2.95. The number of hydrogen-bond acceptors (Lipinski definition) is 5. The number of carbonyl (C=O) groups excluding carboxylic acids is 1. The molecule has 0 spiro atoms. The predicted molar refractivity (Wildman–Crippen MR) is 146 cm³/mol. The first-order valence-electron chi connectivity index (χ1n) is 12.0. The number of halogens is 3. The zero-order valence-electron chi connectivity index (χ0n) is 20.3. The minimum Gasteiger partial charge on any atom is -0.434 e. The van der Waals surface area contributed by atoms with Crippen LogP contribution in [0.1, 0.15) is 36.6 Å². The van der Waals surface area contributed by atoms with Gasteiger partial charge in [-0.1, -0.05) is 41.9 Å². The molecule has 1 aromatic heterocycles. The molecule has 1 aliphatic carbocycles. The van der Waals surface area contributed by atoms with Gasteiger partial charge in [0.1, 0.15) is 17.9 Å². The van der Waals surface area contributed by atoms with Crippen molar-refractivity contribution in [1.82, 2.24) is 9.97 Å². The maximum Gasteiger partial charge on any atom is 0.387 e. The summed E-state index contributed by atoms with van der Waals surface area (Å²) in [6, 6.07) is 18.3. The summed E-state index contributed by atoms with van der Waals surface area (Å²) in [6.07, 6.45) is 3.83. The second-order valence-corrected chi connectivity index (χ2v) is 10.1. The van der Waals surface area contributed by atoms with E-state index in [0.29, 0.717) is 33.0 Å². The van der Waals surface area contributed by atoms with Crippen LogP contribution in [0.2, 0.25) is 5.02 Å². The highest BCUT2D eigenvalue weighted by atomic mass is 35.5. The van der Waals surface area contributed by atoms with E-state index >= 15 is 0 Å². The van der Waals surface area contributed by atoms with Crippen LogP contribution in [0.5, 0.6) is 5.75 Å². The molecule has 1 saturated carbocycles. The van der Waals surface area contributed by atoms with Gasteiger partial charge in [-0.2, -0.15) is 8.78 Å². The van der Waals surface area contributed by atoms with Crippen LogP contribution < -0.4 is 10.5 Å². The first kappa shape index (κ1) is 27.1. The number of aromatic amines is 1. The largest absolute Gasteiger partial charge is 0.434 e. The van der Waals surface area contributed by atoms with Gasteiger partial charge in [0.25, 0.3) is 0 Å². The maximum atomic E-state index is 12.9. The second-order valence-electron chi connectivity index (χ2n) is 8.62. The number of aldehydes is 1. The average Bonchev–Trinajstić information content (AvgIpc) is 3.65. The summed E-state index contributed by atoms with van der Waals surface area (Å²) < 4.78 is 30.5. The van der Waals surface area contributed by atoms with Crippen LogP contribution in [0.15, 0.2) is 65.6 Å². The summed E-state index contributed by atoms with van der Waals surface area (Å²) in [7, 11) is 1.50. The number of hydrogen-bond donors (Lipinski definition) is 2. The van der Waals surface area contributed by atoms with Crippen molar-refractivity contribution < 1.29 is 18.3 Å². The van der Waals surface area contributed by atoms with Crippen molar-refractivity contribution in [2.24, 2.45) is 11.7 Å². The zero-order chi connectivity index (χ0) is 26.4. The smallest absolute Gasteiger partial charge is 0.387 e. The fourth-order valence-corrected chi connectivity index (χ4v) is 5.46. The quantitative estimate of drug-likeness (QED) is 0.162. The normalized spacial score (nSPS) is 13.8. The summed E-state index contributed by atoms with van der Waals surface area (Å²) in [4.78, 5) is 20.8. The second kappa shape index (κ2) is 12.5. The number of imidazole rings is 1. The van der Waals surface area contributed by atoms with Crippen molar-refractivity contribution in [3.05, 3.63) is 77.1 Å². The van der Waals surface area contributed by atoms with Gasteiger partial charge >= 0.3 is 6.61 Å². The van der Waals surface area contributed by atoms with Crippen LogP contribution in [0.4, 0.5) is 8.78 Å². The van der Waals surface area contributed by atoms with E-state index in [4.69, 9.17) is 16.6 Å². The van der Waals surface area contributed by atoms with Gasteiger partial charge in [0.15, 0.2) is 0 Å². The van der Waals surface area contributed by atoms with Gasteiger partial charge < -0.3 is 20.2 Å². The Labute approximate surface area is 223 Å². The van der Waals surface area contributed by atoms with E-state index in [1.807, 2.05) is 23.9 Å². The average molecular weight is 544 g/mol. The summed E-state index contributed by atoms with van der Waals surface area (Å²) in [5.41, 5.74) is 7.81. The third-order valence-corrected chi connectivity index (χ3v) is 7.67. The number of para-hydroxylation sites is 1. The van der Waals surface area contributed by atoms with E-state index in [1.54, 1.807) is 30.3 Å². The topological polar surface area (TPSA) is 81.0 Å². The lowest BCUT2D eigenvalue weighted by Gasteiger charge is -2.12. The highest BCUT2D eigenvalue weighted by Gasteiger charge is 2.22. The number of nitrogens with one attached hydrogen (secondary N) is 1. The van der Waals surface area contributed by atoms with E-state index in [-0.39, 0.29) is 18.1 Å². The summed E-state index contributed by atoms with van der Waals surface area (Å²) in [5, 5.41) is 0.377. The Hall–Kier alpha value is -2.94. The Morgan fingerprint density at radius 3 is 2.54 bits per heavy atom. The SMILES string of the molecule is CN.O=CCC(c1ccc(SCC2CC2)cc1)c1nc2cc(-c3ccccc3OC(F)F)c(Cl)cc2[nH]1. The van der Waals surface area contributed by atoms with Gasteiger partial charge in [0.05, 0.1) is 16.1 Å². The summed E-state index contributed by atoms with van der Waals surface area (Å²) >= 11 is 8.40. The number of fused-ring (bicyclic) bond motifs is 1. The van der Waals surface area contributed by atoms with Crippen molar-refractivity contribution >= 4 is 40.7 Å². The summed E-state index contributed by atoms with van der Waals surface area (Å²) in [5.74, 6) is 2.45. The highest BCUT2D eigenvalue weighted by molar-refractivity contribution is 7.99. The van der Waals surface area contributed by atoms with E-state index in [9.17, 15) is 13.6 Å². The fraction of sp³-hybridized carbons (Fsp3) is 0.286. The Morgan fingerprint density at radius 2 is 1.86 bits per heavy atom. The van der Waals surface area contributed by atoms with Crippen molar-refractivity contribution in [2.75, 3.05) is 12.8 Å². The fourth-order valence-electron chi connectivity index (χ4n) is 4.11. The van der Waals surface area contributed by atoms with Crippen LogP contribution >= 0.6 is 23.4 Å². The van der Waals surface area contributed by atoms with Crippen molar-refractivity contribution in [2.45, 2.75) is 36.7 Å². The molecule has 1 atom stereocenters. The number of ether oxygens (including phenoxy) is 1. The lowest BCUT2D eigenvalue weighted by Crippen LogP contribution is -2.04. The molecule has 9 heteroatoms. The Balaban J connectivity index is 0.00000156. The molecule has 5 rings (SSSR count). The van der Waals surface area contributed by atoms with Crippen molar-refractivity contribution in [3.8, 4) is 16.9 Å². The third-order valence-electron chi connectivity index (χ3n) is 6.11. The number of nitrogens with two attached hydrogens (primary N) is 1. The lowest BCUT2D eigenvalue weighted by molar-refractivity contribution is -0.108. The number of rotatable bonds is 10. The Morgan fingerprint density at radius 1 is 1.14 bits per heavy atom. The van der Waals surface area contributed by atoms with Gasteiger partial charge in [-0.3, -0.25) is 0 Å². The van der Waals surface area contributed by atoms with E-state index in [1.165, 1.54) is 30.9 Å². The molecule has 37 heavy (non-hydrogen) atoms. The molecule has 194 valence electrons. The van der Waals surface area contributed by atoms with Gasteiger partial charge in [-0.25, -0.2) is 4.98 Å². The van der Waals surface area contributed by atoms with Crippen molar-refractivity contribution in [3.63, 3.8) is 0 Å². The number of benzene rings is 3. The van der Waals surface area contributed by atoms with Crippen LogP contribution in [0.3, 0.4) is 0 Å². The van der Waals surface area contributed by atoms with Crippen LogP contribution in [0.25, 0.3) is 22.2 Å². The first-order chi connectivity index (χ1) is 18.0. The lowest BCUT2D eigenvalue weighted by atomic mass is 9.96. The van der Waals surface area contributed by atoms with E-state index in [0.717, 1.165) is 23.5 Å². The molecule has 3 N–H and O–H groups in total. The molecule has 1 fully saturated rings. The minimum atomic E-state index is -2.95. The maximum absolute atomic E-state index is 12.9. The number of alkyl halides is 2. The number of carbonyl (C=O) groups is 1. The number of nitrogens with zero attached hydrogens (tertiary/aromatic N) is 1. The van der Waals surface area contributed by atoms with Crippen LogP contribution in [-0.2, 0) is 4.79 Å². The first-order valence-corrected chi connectivity index (χ1v) is 13.4. The van der Waals surface area contributed by atoms with Crippen molar-refractivity contribution in [1.29, 1.82) is 0 Å². The number of H-pyrrole nitrogens is 1. The van der Waals surface area contributed by atoms with Crippen LogP contribution in [0, 0.1) is 5.92 Å². The third kappa shape index (κ3) is 6.69. The monoisotopic (exact) mass is 543 g/mol. The molecule has 3 aromatic carbocycles. The molecule has 0 radical (unpaired) electrons. The van der Waals surface area contributed by atoms with Gasteiger partial charge in [-0.15, -0.1) is 11.8 Å². The van der Waals surface area contributed by atoms with Gasteiger partial charge in [-0.05, 0) is 61.7 Å². The molecular weight excluding hydrogens is 516 g/mol. The minimum absolute atomic E-state index is 0.0398. The van der Waals surface area contributed by atoms with E-state index in [2.05, 4.69) is 27.6 Å². The van der Waals surface area contributed by atoms with Gasteiger partial charge in [0, 0.05) is 34.1 Å². The van der Waals surface area contributed by atoms with Gasteiger partial charge in [0.2, 0.25) is 0 Å². The predicted octanol–water partition coefficient (Wildman–Crippen LogP) is 7.28. The highest BCUT2D eigenvalue weighted by Crippen LogP contribution is 2.39. The Bertz CT molecular complexity index is 1340. The standard InChI is InChI=1S/C27H23ClF2N2O2S.CH5N/c28-22-14-24-23(13-21(22)20-3-1-2-4-25(20)34-27(29)30)31-26(32-24)19(11-12-33)17-7-9-18(10-8-17)35-15-16-5-6-16;1-2/h1-4,7-10,12-14,16,19,27H,5-6,11,15H2,(H,31,32);2H2,1H3. The molecule has 0 saturated heterocycles. The number of aromatic nitrogens is 2. The Kier molecular flexibility index (Phi) is 9.18.